The highest BCUT2D eigenvalue weighted by atomic mass is 35.5. The topological polar surface area (TPSA) is 55.4 Å². The predicted octanol–water partition coefficient (Wildman–Crippen LogP) is 4.65. The van der Waals surface area contributed by atoms with E-state index in [2.05, 4.69) is 5.32 Å². The summed E-state index contributed by atoms with van der Waals surface area (Å²) in [6.07, 6.45) is 0.711. The van der Waals surface area contributed by atoms with Gasteiger partial charge in [0.05, 0.1) is 5.56 Å². The van der Waals surface area contributed by atoms with Crippen molar-refractivity contribution in [3.8, 4) is 0 Å². The number of anilines is 1. The Bertz CT molecular complexity index is 734. The van der Waals surface area contributed by atoms with E-state index < -0.39 is 12.1 Å². The fourth-order valence-electron chi connectivity index (χ4n) is 2.50. The van der Waals surface area contributed by atoms with Crippen LogP contribution in [0.15, 0.2) is 42.5 Å². The van der Waals surface area contributed by atoms with E-state index in [4.69, 9.17) is 16.3 Å². The number of carbonyl (C=O) groups is 2. The van der Waals surface area contributed by atoms with Gasteiger partial charge in [-0.1, -0.05) is 43.6 Å². The van der Waals surface area contributed by atoms with E-state index in [1.54, 1.807) is 31.2 Å². The van der Waals surface area contributed by atoms with E-state index in [1.807, 2.05) is 32.0 Å². The number of nitrogens with one attached hydrogen (secondary N) is 1. The minimum Gasteiger partial charge on any atom is -0.449 e. The Morgan fingerprint density at radius 2 is 1.60 bits per heavy atom. The van der Waals surface area contributed by atoms with E-state index >= 15 is 0 Å². The monoisotopic (exact) mass is 359 g/mol. The molecule has 0 aliphatic carbocycles. The lowest BCUT2D eigenvalue weighted by atomic mass is 10.0. The number of aryl methyl sites for hydroxylation is 2. The van der Waals surface area contributed by atoms with Crippen LogP contribution in [-0.2, 0) is 22.4 Å². The van der Waals surface area contributed by atoms with E-state index in [9.17, 15) is 9.59 Å². The molecule has 25 heavy (non-hydrogen) atoms. The largest absolute Gasteiger partial charge is 0.449 e. The number of amides is 1. The van der Waals surface area contributed by atoms with E-state index in [1.165, 1.54) is 0 Å². The molecule has 0 bridgehead atoms. The first-order chi connectivity index (χ1) is 12.0. The summed E-state index contributed by atoms with van der Waals surface area (Å²) in [6, 6.07) is 12.3. The van der Waals surface area contributed by atoms with Crippen molar-refractivity contribution in [3.63, 3.8) is 0 Å². The number of esters is 1. The van der Waals surface area contributed by atoms with Gasteiger partial charge in [-0.25, -0.2) is 4.79 Å². The lowest BCUT2D eigenvalue weighted by Crippen LogP contribution is -2.30. The van der Waals surface area contributed by atoms with Gasteiger partial charge in [0.25, 0.3) is 5.91 Å². The highest BCUT2D eigenvalue weighted by Crippen LogP contribution is 2.23. The summed E-state index contributed by atoms with van der Waals surface area (Å²) < 4.78 is 5.26. The third-order valence-corrected chi connectivity index (χ3v) is 4.23. The number of ether oxygens (including phenoxy) is 1. The van der Waals surface area contributed by atoms with Crippen LogP contribution in [0.1, 0.15) is 42.3 Å². The first-order valence-corrected chi connectivity index (χ1v) is 8.72. The van der Waals surface area contributed by atoms with Gasteiger partial charge in [-0.15, -0.1) is 0 Å². The zero-order valence-corrected chi connectivity index (χ0v) is 15.4. The van der Waals surface area contributed by atoms with Crippen molar-refractivity contribution in [3.05, 3.63) is 64.2 Å². The van der Waals surface area contributed by atoms with Crippen molar-refractivity contribution >= 4 is 29.2 Å². The maximum Gasteiger partial charge on any atom is 0.338 e. The Balaban J connectivity index is 2.08. The van der Waals surface area contributed by atoms with Crippen molar-refractivity contribution in [1.82, 2.24) is 0 Å². The highest BCUT2D eigenvalue weighted by Gasteiger charge is 2.20. The summed E-state index contributed by atoms with van der Waals surface area (Å²) in [5.41, 5.74) is 3.28. The maximum atomic E-state index is 12.5. The third kappa shape index (κ3) is 4.83. The molecule has 2 rings (SSSR count). The van der Waals surface area contributed by atoms with Gasteiger partial charge in [0.1, 0.15) is 0 Å². The molecule has 0 aromatic heterocycles. The predicted molar refractivity (Wildman–Crippen MR) is 100 cm³/mol. The molecule has 2 aromatic carbocycles. The molecule has 2 aromatic rings. The second-order valence-corrected chi connectivity index (χ2v) is 6.14. The summed E-state index contributed by atoms with van der Waals surface area (Å²) in [5.74, 6) is -0.906. The molecule has 0 fully saturated rings. The average molecular weight is 360 g/mol. The molecule has 4 nitrogen and oxygen atoms in total. The lowest BCUT2D eigenvalue weighted by molar-refractivity contribution is -0.123. The summed E-state index contributed by atoms with van der Waals surface area (Å²) in [4.78, 5) is 24.6. The van der Waals surface area contributed by atoms with Crippen molar-refractivity contribution in [2.75, 3.05) is 5.32 Å². The molecule has 1 atom stereocenters. The first kappa shape index (κ1) is 19.0. The van der Waals surface area contributed by atoms with Crippen molar-refractivity contribution in [1.29, 1.82) is 0 Å². The molecule has 5 heteroatoms. The second kappa shape index (κ2) is 8.67. The van der Waals surface area contributed by atoms with Gasteiger partial charge < -0.3 is 10.1 Å². The summed E-state index contributed by atoms with van der Waals surface area (Å²) in [6.45, 7) is 5.63. The minimum atomic E-state index is -0.905. The molecular weight excluding hydrogens is 338 g/mol. The van der Waals surface area contributed by atoms with Crippen molar-refractivity contribution < 1.29 is 14.3 Å². The molecule has 0 saturated carbocycles. The second-order valence-electron chi connectivity index (χ2n) is 5.70. The number of benzene rings is 2. The number of carbonyl (C=O) groups excluding carboxylic acids is 2. The van der Waals surface area contributed by atoms with Crippen LogP contribution in [0.4, 0.5) is 5.69 Å². The standard InChI is InChI=1S/C20H22ClNO3/c1-4-14-7-6-8-15(5-2)18(14)22-19(23)13(3)25-20(24)16-9-11-17(21)12-10-16/h6-13H,4-5H2,1-3H3,(H,22,23)/t13-/m0/s1. The quantitative estimate of drug-likeness (QED) is 0.764. The zero-order chi connectivity index (χ0) is 18.4. The molecule has 0 saturated heterocycles. The molecule has 132 valence electrons. The highest BCUT2D eigenvalue weighted by molar-refractivity contribution is 6.30. The number of rotatable bonds is 6. The Kier molecular flexibility index (Phi) is 6.59. The maximum absolute atomic E-state index is 12.5. The minimum absolute atomic E-state index is 0.349. The SMILES string of the molecule is CCc1cccc(CC)c1NC(=O)[C@H](C)OC(=O)c1ccc(Cl)cc1. The number of hydrogen-bond acceptors (Lipinski definition) is 3. The number of hydrogen-bond donors (Lipinski definition) is 1. The zero-order valence-electron chi connectivity index (χ0n) is 14.6. The summed E-state index contributed by atoms with van der Waals surface area (Å²) in [7, 11) is 0. The van der Waals surface area contributed by atoms with Gasteiger partial charge in [-0.2, -0.15) is 0 Å². The van der Waals surface area contributed by atoms with Crippen LogP contribution in [0.3, 0.4) is 0 Å². The third-order valence-electron chi connectivity index (χ3n) is 3.98. The van der Waals surface area contributed by atoms with E-state index in [-0.39, 0.29) is 5.91 Å². The Morgan fingerprint density at radius 3 is 2.12 bits per heavy atom. The number of halogens is 1. The summed E-state index contributed by atoms with van der Waals surface area (Å²) in [5, 5.41) is 3.44. The molecule has 1 amide bonds. The Labute approximate surface area is 153 Å². The first-order valence-electron chi connectivity index (χ1n) is 8.34. The normalized spacial score (nSPS) is 11.7. The van der Waals surface area contributed by atoms with Gasteiger partial charge in [-0.3, -0.25) is 4.79 Å². The van der Waals surface area contributed by atoms with Crippen LogP contribution < -0.4 is 5.32 Å². The number of para-hydroxylation sites is 1. The molecule has 0 spiro atoms. The average Bonchev–Trinajstić information content (AvgIpc) is 2.62. The van der Waals surface area contributed by atoms with Crippen LogP contribution in [0, 0.1) is 0 Å². The van der Waals surface area contributed by atoms with Crippen LogP contribution in [0.5, 0.6) is 0 Å². The van der Waals surface area contributed by atoms with Crippen molar-refractivity contribution in [2.24, 2.45) is 0 Å². The smallest absolute Gasteiger partial charge is 0.338 e. The van der Waals surface area contributed by atoms with E-state index in [0.717, 1.165) is 29.7 Å². The Hall–Kier alpha value is -2.33. The Morgan fingerprint density at radius 1 is 1.04 bits per heavy atom. The van der Waals surface area contributed by atoms with Gasteiger partial charge in [0.2, 0.25) is 0 Å². The molecule has 0 radical (unpaired) electrons. The molecule has 0 aliphatic heterocycles. The van der Waals surface area contributed by atoms with Crippen LogP contribution in [0.2, 0.25) is 5.02 Å². The fourth-order valence-corrected chi connectivity index (χ4v) is 2.62. The lowest BCUT2D eigenvalue weighted by Gasteiger charge is -2.18. The molecular formula is C20H22ClNO3. The van der Waals surface area contributed by atoms with Gasteiger partial charge in [-0.05, 0) is 55.2 Å². The fraction of sp³-hybridized carbons (Fsp3) is 0.300. The van der Waals surface area contributed by atoms with E-state index in [0.29, 0.717) is 10.6 Å². The van der Waals surface area contributed by atoms with Gasteiger partial charge in [0.15, 0.2) is 6.10 Å². The van der Waals surface area contributed by atoms with Gasteiger partial charge in [0, 0.05) is 10.7 Å². The molecule has 0 heterocycles. The molecule has 0 aliphatic rings. The van der Waals surface area contributed by atoms with Crippen LogP contribution >= 0.6 is 11.6 Å². The molecule has 1 N–H and O–H groups in total. The van der Waals surface area contributed by atoms with Gasteiger partial charge >= 0.3 is 5.97 Å². The van der Waals surface area contributed by atoms with Crippen molar-refractivity contribution in [2.45, 2.75) is 39.7 Å². The van der Waals surface area contributed by atoms with Crippen LogP contribution in [-0.4, -0.2) is 18.0 Å². The summed E-state index contributed by atoms with van der Waals surface area (Å²) >= 11 is 5.80. The molecule has 0 unspecified atom stereocenters. The van der Waals surface area contributed by atoms with Crippen LogP contribution in [0.25, 0.3) is 0 Å².